The number of amides is 1. The molecule has 1 aliphatic heterocycles. The zero-order valence-corrected chi connectivity index (χ0v) is 17.2. The van der Waals surface area contributed by atoms with Crippen LogP contribution in [0.1, 0.15) is 10.4 Å². The number of fused-ring (bicyclic) bond motifs is 2. The van der Waals surface area contributed by atoms with Crippen molar-refractivity contribution in [1.82, 2.24) is 14.3 Å². The van der Waals surface area contributed by atoms with Gasteiger partial charge in [0.15, 0.2) is 11.6 Å². The number of hydrogen-bond donors (Lipinski definition) is 0. The second kappa shape index (κ2) is 7.09. The number of rotatable bonds is 3. The molecule has 0 saturated heterocycles. The summed E-state index contributed by atoms with van der Waals surface area (Å²) in [6.45, 7) is 1.03. The highest BCUT2D eigenvalue weighted by molar-refractivity contribution is 7.89. The minimum atomic E-state index is -3.64. The van der Waals surface area contributed by atoms with E-state index in [4.69, 9.17) is 0 Å². The number of hydrogen-bond acceptors (Lipinski definition) is 6. The highest BCUT2D eigenvalue weighted by Crippen LogP contribution is 2.31. The number of carbonyl (C=O) groups is 1. The summed E-state index contributed by atoms with van der Waals surface area (Å²) in [6, 6.07) is 13.6. The van der Waals surface area contributed by atoms with E-state index in [0.717, 1.165) is 9.82 Å². The number of para-hydroxylation sites is 2. The highest BCUT2D eigenvalue weighted by Gasteiger charge is 2.30. The maximum absolute atomic E-state index is 13.3. The summed E-state index contributed by atoms with van der Waals surface area (Å²) in [7, 11) is 1.19. The van der Waals surface area contributed by atoms with Crippen LogP contribution in [0.2, 0.25) is 0 Å². The smallest absolute Gasteiger partial charge is 0.259 e. The Bertz CT molecular complexity index is 1210. The first kappa shape index (κ1) is 19.3. The van der Waals surface area contributed by atoms with Gasteiger partial charge in [0.05, 0.1) is 15.9 Å². The Morgan fingerprint density at radius 1 is 0.966 bits per heavy atom. The Kier molecular flexibility index (Phi) is 4.71. The van der Waals surface area contributed by atoms with Gasteiger partial charge in [-0.3, -0.25) is 9.69 Å². The molecule has 8 nitrogen and oxygen atoms in total. The Morgan fingerprint density at radius 2 is 1.62 bits per heavy atom. The van der Waals surface area contributed by atoms with E-state index in [1.54, 1.807) is 17.0 Å². The van der Waals surface area contributed by atoms with Crippen LogP contribution in [0.15, 0.2) is 53.4 Å². The summed E-state index contributed by atoms with van der Waals surface area (Å²) in [6.07, 6.45) is 0. The fourth-order valence-electron chi connectivity index (χ4n) is 3.23. The number of benzene rings is 2. The van der Waals surface area contributed by atoms with Crippen LogP contribution in [-0.2, 0) is 10.0 Å². The predicted molar refractivity (Wildman–Crippen MR) is 112 cm³/mol. The monoisotopic (exact) mass is 411 g/mol. The fraction of sp³-hybridized carbons (Fsp3) is 0.250. The zero-order chi connectivity index (χ0) is 20.8. The molecule has 2 heterocycles. The van der Waals surface area contributed by atoms with E-state index < -0.39 is 10.0 Å². The van der Waals surface area contributed by atoms with Gasteiger partial charge in [-0.25, -0.2) is 22.7 Å². The van der Waals surface area contributed by atoms with Crippen molar-refractivity contribution in [3.63, 3.8) is 0 Å². The number of likely N-dealkylation sites (N-methyl/N-ethyl adjacent to an activating group) is 1. The molecule has 1 amide bonds. The summed E-state index contributed by atoms with van der Waals surface area (Å²) in [4.78, 5) is 26.2. The number of aromatic nitrogens is 2. The van der Waals surface area contributed by atoms with Gasteiger partial charge in [-0.15, -0.1) is 0 Å². The average molecular weight is 411 g/mol. The normalized spacial score (nSPS) is 14.3. The van der Waals surface area contributed by atoms with Crippen LogP contribution in [0.3, 0.4) is 0 Å². The zero-order valence-electron chi connectivity index (χ0n) is 16.4. The lowest BCUT2D eigenvalue weighted by Crippen LogP contribution is -2.43. The quantitative estimate of drug-likeness (QED) is 0.655. The van der Waals surface area contributed by atoms with Gasteiger partial charge in [0, 0.05) is 39.8 Å². The number of nitrogens with zero attached hydrogens (tertiary/aromatic N) is 5. The number of anilines is 2. The lowest BCUT2D eigenvalue weighted by atomic mass is 10.2. The van der Waals surface area contributed by atoms with Crippen molar-refractivity contribution in [2.45, 2.75) is 4.90 Å². The minimum Gasteiger partial charge on any atom is -0.355 e. The van der Waals surface area contributed by atoms with Gasteiger partial charge < -0.3 is 4.90 Å². The lowest BCUT2D eigenvalue weighted by molar-refractivity contribution is 0.0985. The molecule has 9 heteroatoms. The molecule has 29 heavy (non-hydrogen) atoms. The van der Waals surface area contributed by atoms with Crippen molar-refractivity contribution in [3.05, 3.63) is 54.1 Å². The van der Waals surface area contributed by atoms with E-state index in [2.05, 4.69) is 9.97 Å². The second-order valence-electron chi connectivity index (χ2n) is 7.05. The maximum Gasteiger partial charge on any atom is 0.259 e. The van der Waals surface area contributed by atoms with E-state index in [0.29, 0.717) is 35.8 Å². The van der Waals surface area contributed by atoms with Crippen LogP contribution >= 0.6 is 0 Å². The van der Waals surface area contributed by atoms with Gasteiger partial charge in [0.25, 0.3) is 5.91 Å². The molecule has 1 aromatic heterocycles. The highest BCUT2D eigenvalue weighted by atomic mass is 32.2. The summed E-state index contributed by atoms with van der Waals surface area (Å²) < 4.78 is 26.0. The van der Waals surface area contributed by atoms with E-state index >= 15 is 0 Å². The third kappa shape index (κ3) is 3.32. The summed E-state index contributed by atoms with van der Waals surface area (Å²) in [5, 5.41) is 0. The predicted octanol–water partition coefficient (Wildman–Crippen LogP) is 1.98. The van der Waals surface area contributed by atoms with E-state index in [-0.39, 0.29) is 10.8 Å². The second-order valence-corrected chi connectivity index (χ2v) is 9.20. The van der Waals surface area contributed by atoms with E-state index in [9.17, 15) is 13.2 Å². The molecule has 0 saturated carbocycles. The molecule has 0 radical (unpaired) electrons. The molecule has 0 spiro atoms. The van der Waals surface area contributed by atoms with Crippen molar-refractivity contribution >= 4 is 38.6 Å². The topological polar surface area (TPSA) is 86.7 Å². The molecule has 0 bridgehead atoms. The van der Waals surface area contributed by atoms with Gasteiger partial charge in [-0.1, -0.05) is 18.2 Å². The van der Waals surface area contributed by atoms with E-state index in [1.165, 1.54) is 26.2 Å². The van der Waals surface area contributed by atoms with Crippen LogP contribution in [0.25, 0.3) is 11.0 Å². The minimum absolute atomic E-state index is 0.0762. The molecule has 0 fully saturated rings. The van der Waals surface area contributed by atoms with Gasteiger partial charge in [0.1, 0.15) is 0 Å². The average Bonchev–Trinajstić information content (AvgIpc) is 2.72. The van der Waals surface area contributed by atoms with Crippen molar-refractivity contribution < 1.29 is 13.2 Å². The van der Waals surface area contributed by atoms with Gasteiger partial charge in [-0.05, 0) is 30.3 Å². The maximum atomic E-state index is 13.3. The van der Waals surface area contributed by atoms with Crippen molar-refractivity contribution in [1.29, 1.82) is 0 Å². The molecule has 0 aliphatic carbocycles. The Balaban J connectivity index is 1.78. The van der Waals surface area contributed by atoms with Crippen LogP contribution in [-0.4, -0.2) is 62.8 Å². The molecular formula is C20H21N5O3S. The van der Waals surface area contributed by atoms with Gasteiger partial charge in [-0.2, -0.15) is 0 Å². The van der Waals surface area contributed by atoms with Crippen LogP contribution in [0, 0.1) is 0 Å². The number of sulfonamides is 1. The molecule has 0 N–H and O–H groups in total. The molecule has 2 aromatic carbocycles. The Hall–Kier alpha value is -3.04. The third-order valence-corrected chi connectivity index (χ3v) is 6.73. The van der Waals surface area contributed by atoms with Gasteiger partial charge in [0.2, 0.25) is 10.0 Å². The van der Waals surface area contributed by atoms with E-state index in [1.807, 2.05) is 36.2 Å². The lowest BCUT2D eigenvalue weighted by Gasteiger charge is -2.33. The molecule has 0 atom stereocenters. The summed E-state index contributed by atoms with van der Waals surface area (Å²) in [5.74, 6) is 0.795. The molecule has 0 unspecified atom stereocenters. The van der Waals surface area contributed by atoms with Crippen molar-refractivity contribution in [2.24, 2.45) is 0 Å². The van der Waals surface area contributed by atoms with Crippen molar-refractivity contribution in [2.75, 3.05) is 44.0 Å². The molecule has 1 aliphatic rings. The van der Waals surface area contributed by atoms with Crippen LogP contribution in [0.4, 0.5) is 11.6 Å². The Labute approximate surface area is 169 Å². The first-order valence-electron chi connectivity index (χ1n) is 9.11. The largest absolute Gasteiger partial charge is 0.355 e. The summed E-state index contributed by atoms with van der Waals surface area (Å²) >= 11 is 0. The van der Waals surface area contributed by atoms with Gasteiger partial charge >= 0.3 is 0 Å². The Morgan fingerprint density at radius 3 is 2.28 bits per heavy atom. The van der Waals surface area contributed by atoms with Crippen LogP contribution < -0.4 is 9.80 Å². The number of carbonyl (C=O) groups excluding carboxylic acids is 1. The third-order valence-electron chi connectivity index (χ3n) is 4.92. The first-order chi connectivity index (χ1) is 13.8. The summed E-state index contributed by atoms with van der Waals surface area (Å²) in [5.41, 5.74) is 1.74. The standard InChI is InChI=1S/C20H21N5O3S/c1-23(2)29(27,28)15-8-6-7-14(13-15)20(26)25-12-11-24(3)18-19(25)22-17-10-5-4-9-16(17)21-18/h4-10,13H,11-12H2,1-3H3. The molecule has 150 valence electrons. The van der Waals surface area contributed by atoms with Crippen LogP contribution in [0.5, 0.6) is 0 Å². The fourth-order valence-corrected chi connectivity index (χ4v) is 4.18. The SMILES string of the molecule is CN1CCN(C(=O)c2cccc(S(=O)(=O)N(C)C)c2)c2nc3ccccc3nc21. The van der Waals surface area contributed by atoms with Crippen molar-refractivity contribution in [3.8, 4) is 0 Å². The molecule has 3 aromatic rings. The first-order valence-corrected chi connectivity index (χ1v) is 10.6. The molecular weight excluding hydrogens is 390 g/mol. The molecule has 4 rings (SSSR count).